The zero-order valence-corrected chi connectivity index (χ0v) is 22.9. The number of halogens is 5. The van der Waals surface area contributed by atoms with Crippen molar-refractivity contribution in [2.24, 2.45) is 11.3 Å². The number of nitrogen functional groups attached to an aromatic ring is 1. The number of nitrogens with two attached hydrogens (primary N) is 1. The lowest BCUT2D eigenvalue weighted by Crippen LogP contribution is -2.51. The molecule has 1 saturated carbocycles. The molecule has 3 aliphatic heterocycles. The topological polar surface area (TPSA) is 98.4 Å². The molecule has 8 nitrogen and oxygen atoms in total. The first kappa shape index (κ1) is 26.3. The van der Waals surface area contributed by atoms with Crippen molar-refractivity contribution < 1.29 is 31.4 Å². The Balaban J connectivity index is 1.34. The molecule has 3 N–H and O–H groups in total. The molecule has 4 atom stereocenters. The molecule has 2 aromatic carbocycles. The van der Waals surface area contributed by atoms with E-state index in [2.05, 4.69) is 20.3 Å². The number of alkyl halides is 3. The first-order valence-electron chi connectivity index (χ1n) is 13.8. The van der Waals surface area contributed by atoms with Crippen LogP contribution in [0.3, 0.4) is 0 Å². The van der Waals surface area contributed by atoms with Gasteiger partial charge in [0.25, 0.3) is 0 Å². The summed E-state index contributed by atoms with van der Waals surface area (Å²) in [5.74, 6) is -1.35. The Labute approximate surface area is 240 Å². The fraction of sp³-hybridized carbons (Fsp3) is 0.464. The largest absolute Gasteiger partial charge is 0.463 e. The molecule has 8 rings (SSSR count). The first-order chi connectivity index (χ1) is 20.1. The van der Waals surface area contributed by atoms with Gasteiger partial charge in [0.1, 0.15) is 17.2 Å². The maximum atomic E-state index is 16.7. The van der Waals surface area contributed by atoms with Crippen molar-refractivity contribution in [1.29, 1.82) is 0 Å². The van der Waals surface area contributed by atoms with Crippen LogP contribution in [-0.4, -0.2) is 59.9 Å². The minimum Gasteiger partial charge on any atom is -0.463 e. The molecule has 2 aromatic heterocycles. The number of nitrogens with one attached hydrogen (secondary N) is 1. The summed E-state index contributed by atoms with van der Waals surface area (Å²) in [6.07, 6.45) is -2.15. The molecule has 4 aliphatic rings. The maximum absolute atomic E-state index is 16.7. The van der Waals surface area contributed by atoms with Gasteiger partial charge in [-0.05, 0) is 43.4 Å². The molecule has 5 heterocycles. The molecule has 0 amide bonds. The van der Waals surface area contributed by atoms with Crippen LogP contribution in [0.15, 0.2) is 18.2 Å². The van der Waals surface area contributed by atoms with Gasteiger partial charge in [-0.25, -0.2) is 13.8 Å². The Kier molecular flexibility index (Phi) is 5.68. The normalized spacial score (nSPS) is 26.8. The fourth-order valence-corrected chi connectivity index (χ4v) is 7.59. The monoisotopic (exact) mass is 604 g/mol. The first-order valence-corrected chi connectivity index (χ1v) is 14.6. The molecule has 42 heavy (non-hydrogen) atoms. The van der Waals surface area contributed by atoms with Crippen LogP contribution < -0.4 is 20.7 Å². The van der Waals surface area contributed by atoms with Gasteiger partial charge in [0.2, 0.25) is 0 Å². The summed E-state index contributed by atoms with van der Waals surface area (Å²) in [5.41, 5.74) is 2.95. The molecule has 3 saturated heterocycles. The fourth-order valence-electron chi connectivity index (χ4n) is 6.82. The van der Waals surface area contributed by atoms with Crippen molar-refractivity contribution in [3.63, 3.8) is 0 Å². The quantitative estimate of drug-likeness (QED) is 0.302. The zero-order chi connectivity index (χ0) is 29.0. The van der Waals surface area contributed by atoms with Crippen LogP contribution in [0, 0.1) is 23.0 Å². The van der Waals surface area contributed by atoms with E-state index in [0.29, 0.717) is 32.2 Å². The third-order valence-electron chi connectivity index (χ3n) is 9.05. The van der Waals surface area contributed by atoms with Gasteiger partial charge in [0.05, 0.1) is 35.6 Å². The Morgan fingerprint density at radius 3 is 2.60 bits per heavy atom. The summed E-state index contributed by atoms with van der Waals surface area (Å²) in [7, 11) is 0. The molecule has 4 aromatic rings. The molecule has 0 radical (unpaired) electrons. The predicted molar refractivity (Wildman–Crippen MR) is 146 cm³/mol. The molecular formula is C28H25F5N6O2S. The zero-order valence-electron chi connectivity index (χ0n) is 22.1. The van der Waals surface area contributed by atoms with Gasteiger partial charge < -0.3 is 25.4 Å². The minimum absolute atomic E-state index is 0.0478. The number of aromatic nitrogens is 3. The van der Waals surface area contributed by atoms with E-state index < -0.39 is 28.9 Å². The molecule has 4 unspecified atom stereocenters. The van der Waals surface area contributed by atoms with Crippen LogP contribution in [0.1, 0.15) is 24.8 Å². The molecule has 220 valence electrons. The van der Waals surface area contributed by atoms with Crippen LogP contribution >= 0.6 is 11.3 Å². The standard InChI is InChI=1S/C28H25F5N6O2S/c29-18-4-3-15(22-23(18)42-25(34)36-22)19-17(28(31,32)33)5-16-21(20(19)30)37-26(41-11-27-6-12(27)9-40-10-27)38-24(16)39-7-13-1-2-14(8-39)35-13/h3-5,12-14,35H,1-2,6-11H2,(H2,34,36). The van der Waals surface area contributed by atoms with E-state index in [4.69, 9.17) is 15.2 Å². The van der Waals surface area contributed by atoms with Crippen LogP contribution in [0.4, 0.5) is 32.9 Å². The average Bonchev–Trinajstić information content (AvgIpc) is 3.22. The summed E-state index contributed by atoms with van der Waals surface area (Å²) in [6.45, 7) is 2.47. The lowest BCUT2D eigenvalue weighted by molar-refractivity contribution is -0.137. The van der Waals surface area contributed by atoms with Gasteiger partial charge in [-0.1, -0.05) is 11.3 Å². The van der Waals surface area contributed by atoms with Gasteiger partial charge >= 0.3 is 12.2 Å². The van der Waals surface area contributed by atoms with Gasteiger partial charge in [-0.3, -0.25) is 0 Å². The molecule has 2 bridgehead atoms. The number of fused-ring (bicyclic) bond motifs is 5. The Bertz CT molecular complexity index is 1750. The highest BCUT2D eigenvalue weighted by Gasteiger charge is 2.59. The second kappa shape index (κ2) is 9.07. The van der Waals surface area contributed by atoms with Crippen LogP contribution in [-0.2, 0) is 10.9 Å². The van der Waals surface area contributed by atoms with Crippen molar-refractivity contribution in [3.05, 3.63) is 35.4 Å². The molecular weight excluding hydrogens is 579 g/mol. The van der Waals surface area contributed by atoms with Crippen molar-refractivity contribution >= 4 is 43.4 Å². The highest BCUT2D eigenvalue weighted by Crippen LogP contribution is 2.57. The van der Waals surface area contributed by atoms with Gasteiger partial charge in [0, 0.05) is 47.1 Å². The number of nitrogens with zero attached hydrogens (tertiary/aromatic N) is 4. The van der Waals surface area contributed by atoms with Crippen LogP contribution in [0.5, 0.6) is 6.01 Å². The van der Waals surface area contributed by atoms with E-state index in [1.807, 2.05) is 4.90 Å². The third kappa shape index (κ3) is 4.09. The van der Waals surface area contributed by atoms with Crippen LogP contribution in [0.2, 0.25) is 0 Å². The van der Waals surface area contributed by atoms with E-state index in [1.54, 1.807) is 0 Å². The highest BCUT2D eigenvalue weighted by molar-refractivity contribution is 7.22. The predicted octanol–water partition coefficient (Wildman–Crippen LogP) is 5.14. The summed E-state index contributed by atoms with van der Waals surface area (Å²) < 4.78 is 86.7. The number of rotatable bonds is 5. The van der Waals surface area contributed by atoms with Gasteiger partial charge in [0.15, 0.2) is 10.9 Å². The average molecular weight is 605 g/mol. The number of ether oxygens (including phenoxy) is 2. The Hall–Kier alpha value is -3.36. The van der Waals surface area contributed by atoms with E-state index in [9.17, 15) is 17.6 Å². The number of hydrogen-bond acceptors (Lipinski definition) is 9. The van der Waals surface area contributed by atoms with Crippen LogP contribution in [0.25, 0.3) is 32.2 Å². The van der Waals surface area contributed by atoms with E-state index in [1.165, 1.54) is 0 Å². The van der Waals surface area contributed by atoms with Crippen molar-refractivity contribution in [2.45, 2.75) is 37.5 Å². The highest BCUT2D eigenvalue weighted by atomic mass is 32.1. The minimum atomic E-state index is -4.95. The number of anilines is 2. The molecule has 0 spiro atoms. The van der Waals surface area contributed by atoms with Gasteiger partial charge in [-0.2, -0.15) is 23.1 Å². The van der Waals surface area contributed by atoms with Crippen molar-refractivity contribution in [1.82, 2.24) is 20.3 Å². The second-order valence-electron chi connectivity index (χ2n) is 11.8. The van der Waals surface area contributed by atoms with Crippen molar-refractivity contribution in [3.8, 4) is 17.1 Å². The van der Waals surface area contributed by atoms with E-state index in [0.717, 1.165) is 48.8 Å². The second-order valence-corrected chi connectivity index (χ2v) is 12.8. The maximum Gasteiger partial charge on any atom is 0.417 e. The lowest BCUT2D eigenvalue weighted by atomic mass is 9.95. The summed E-state index contributed by atoms with van der Waals surface area (Å²) in [4.78, 5) is 14.9. The summed E-state index contributed by atoms with van der Waals surface area (Å²) in [5, 5.41) is 3.38. The summed E-state index contributed by atoms with van der Waals surface area (Å²) in [6, 6.07) is 3.16. The number of benzene rings is 2. The molecule has 4 fully saturated rings. The Morgan fingerprint density at radius 2 is 1.90 bits per heavy atom. The van der Waals surface area contributed by atoms with Crippen molar-refractivity contribution in [2.75, 3.05) is 43.5 Å². The number of thiazole rings is 1. The SMILES string of the molecule is Nc1nc2c(-c3c(C(F)(F)F)cc4c(N5CC6CCC(C5)N6)nc(OCC56COCC5C6)nc4c3F)ccc(F)c2s1. The summed E-state index contributed by atoms with van der Waals surface area (Å²) >= 11 is 0.782. The third-order valence-corrected chi connectivity index (χ3v) is 9.94. The number of piperazine rings is 1. The van der Waals surface area contributed by atoms with E-state index >= 15 is 4.39 Å². The molecule has 14 heteroatoms. The van der Waals surface area contributed by atoms with Gasteiger partial charge in [-0.15, -0.1) is 0 Å². The smallest absolute Gasteiger partial charge is 0.417 e. The molecule has 1 aliphatic carbocycles. The Morgan fingerprint density at radius 1 is 1.12 bits per heavy atom. The van der Waals surface area contributed by atoms with E-state index in [-0.39, 0.29) is 67.7 Å². The lowest BCUT2D eigenvalue weighted by Gasteiger charge is -2.34. The number of hydrogen-bond donors (Lipinski definition) is 2.